The number of ether oxygens (including phenoxy) is 1. The molecule has 0 saturated carbocycles. The zero-order chi connectivity index (χ0) is 11.7. The molecular formula is C11H18N2O2. The molecule has 0 aromatic heterocycles. The summed E-state index contributed by atoms with van der Waals surface area (Å²) in [5.41, 5.74) is 0.783. The molecule has 15 heavy (non-hydrogen) atoms. The molecule has 0 aliphatic carbocycles. The van der Waals surface area contributed by atoms with Crippen LogP contribution in [0, 0.1) is 17.2 Å². The first-order valence-electron chi connectivity index (χ1n) is 5.02. The minimum Gasteiger partial charge on any atom is -0.461 e. The molecule has 0 bridgehead atoms. The summed E-state index contributed by atoms with van der Waals surface area (Å²) < 4.78 is 4.78. The maximum absolute atomic E-state index is 11.1. The number of rotatable bonds is 6. The van der Waals surface area contributed by atoms with Gasteiger partial charge in [0.25, 0.3) is 0 Å². The second kappa shape index (κ2) is 7.86. The smallest absolute Gasteiger partial charge is 0.332 e. The lowest BCUT2D eigenvalue weighted by Gasteiger charge is -2.08. The van der Waals surface area contributed by atoms with Crippen LogP contribution >= 0.6 is 0 Å². The van der Waals surface area contributed by atoms with Crippen LogP contribution in [0.5, 0.6) is 0 Å². The number of allylic oxidation sites excluding steroid dienone is 1. The Bertz CT molecular complexity index is 264. The van der Waals surface area contributed by atoms with Gasteiger partial charge < -0.3 is 10.1 Å². The first-order chi connectivity index (χ1) is 7.06. The molecule has 0 heterocycles. The van der Waals surface area contributed by atoms with E-state index in [1.807, 2.05) is 13.0 Å². The molecule has 0 radical (unpaired) electrons. The van der Waals surface area contributed by atoms with E-state index in [0.717, 1.165) is 12.2 Å². The summed E-state index contributed by atoms with van der Waals surface area (Å²) in [6, 6.07) is 1.90. The van der Waals surface area contributed by atoms with E-state index in [0.29, 0.717) is 5.92 Å². The Morgan fingerprint density at radius 3 is 2.80 bits per heavy atom. The molecule has 0 rings (SSSR count). The first kappa shape index (κ1) is 13.5. The van der Waals surface area contributed by atoms with Crippen molar-refractivity contribution >= 4 is 5.97 Å². The number of nitrogens with one attached hydrogen (secondary N) is 1. The molecule has 0 saturated heterocycles. The van der Waals surface area contributed by atoms with Crippen molar-refractivity contribution in [2.45, 2.75) is 27.2 Å². The van der Waals surface area contributed by atoms with Gasteiger partial charge in [0.2, 0.25) is 0 Å². The van der Waals surface area contributed by atoms with Gasteiger partial charge in [-0.25, -0.2) is 4.79 Å². The summed E-state index contributed by atoms with van der Waals surface area (Å²) in [7, 11) is 0. The third-order valence-corrected chi connectivity index (χ3v) is 1.58. The van der Waals surface area contributed by atoms with Crippen LogP contribution in [0.1, 0.15) is 27.2 Å². The van der Waals surface area contributed by atoms with E-state index in [1.54, 1.807) is 0 Å². The van der Waals surface area contributed by atoms with E-state index in [9.17, 15) is 4.79 Å². The molecule has 0 atom stereocenters. The van der Waals surface area contributed by atoms with Crippen LogP contribution in [0.3, 0.4) is 0 Å². The number of hydrogen-bond acceptors (Lipinski definition) is 4. The Hall–Kier alpha value is -1.50. The maximum Gasteiger partial charge on any atom is 0.332 e. The minimum absolute atomic E-state index is 0.156. The maximum atomic E-state index is 11.1. The van der Waals surface area contributed by atoms with Crippen molar-refractivity contribution in [2.24, 2.45) is 5.92 Å². The number of carbonyl (C=O) groups is 1. The van der Waals surface area contributed by atoms with E-state index in [-0.39, 0.29) is 13.0 Å². The number of carbonyl (C=O) groups excluding carboxylic acids is 1. The van der Waals surface area contributed by atoms with E-state index >= 15 is 0 Å². The average molecular weight is 210 g/mol. The Morgan fingerprint density at radius 1 is 1.60 bits per heavy atom. The highest BCUT2D eigenvalue weighted by molar-refractivity contribution is 5.82. The third-order valence-electron chi connectivity index (χ3n) is 1.58. The Balaban J connectivity index is 3.80. The van der Waals surface area contributed by atoms with Crippen LogP contribution in [0.25, 0.3) is 0 Å². The highest BCUT2D eigenvalue weighted by Gasteiger charge is 1.99. The predicted molar refractivity (Wildman–Crippen MR) is 57.8 cm³/mol. The molecule has 0 aromatic carbocycles. The summed E-state index contributed by atoms with van der Waals surface area (Å²) in [5.74, 6) is 0.127. The molecule has 0 aliphatic rings. The van der Waals surface area contributed by atoms with Gasteiger partial charge in [0.15, 0.2) is 0 Å². The number of hydrogen-bond donors (Lipinski definition) is 1. The summed E-state index contributed by atoms with van der Waals surface area (Å²) in [4.78, 5) is 11.1. The zero-order valence-electron chi connectivity index (χ0n) is 9.54. The van der Waals surface area contributed by atoms with Gasteiger partial charge in [-0.1, -0.05) is 13.8 Å². The van der Waals surface area contributed by atoms with Crippen molar-refractivity contribution in [3.8, 4) is 6.07 Å². The normalized spacial score (nSPS) is 11.0. The molecule has 0 unspecified atom stereocenters. The Kier molecular flexibility index (Phi) is 7.08. The summed E-state index contributed by atoms with van der Waals surface area (Å²) >= 11 is 0. The fourth-order valence-electron chi connectivity index (χ4n) is 0.832. The van der Waals surface area contributed by atoms with Gasteiger partial charge in [-0.05, 0) is 12.8 Å². The SMILES string of the molecule is C/C(=C\C(=O)OCCC#N)NCC(C)C. The standard InChI is InChI=1S/C11H18N2O2/c1-9(2)8-13-10(3)7-11(14)15-6-4-5-12/h7,9,13H,4,6,8H2,1-3H3/b10-7+. The molecule has 0 spiro atoms. The molecule has 0 amide bonds. The van der Waals surface area contributed by atoms with E-state index in [4.69, 9.17) is 10.00 Å². The quantitative estimate of drug-likeness (QED) is 0.411. The summed E-state index contributed by atoms with van der Waals surface area (Å²) in [5, 5.41) is 11.3. The van der Waals surface area contributed by atoms with Crippen LogP contribution < -0.4 is 5.32 Å². The molecular weight excluding hydrogens is 192 g/mol. The Morgan fingerprint density at radius 2 is 2.27 bits per heavy atom. The van der Waals surface area contributed by atoms with Crippen LogP contribution in [-0.2, 0) is 9.53 Å². The number of nitriles is 1. The van der Waals surface area contributed by atoms with Gasteiger partial charge in [-0.15, -0.1) is 0 Å². The number of esters is 1. The lowest BCUT2D eigenvalue weighted by Crippen LogP contribution is -2.18. The van der Waals surface area contributed by atoms with Crippen molar-refractivity contribution in [2.75, 3.05) is 13.2 Å². The molecule has 4 nitrogen and oxygen atoms in total. The van der Waals surface area contributed by atoms with E-state index in [2.05, 4.69) is 19.2 Å². The molecule has 4 heteroatoms. The second-order valence-electron chi connectivity index (χ2n) is 3.68. The summed E-state index contributed by atoms with van der Waals surface area (Å²) in [6.45, 7) is 6.97. The molecule has 1 N–H and O–H groups in total. The first-order valence-corrected chi connectivity index (χ1v) is 5.02. The lowest BCUT2D eigenvalue weighted by molar-refractivity contribution is -0.137. The monoisotopic (exact) mass is 210 g/mol. The van der Waals surface area contributed by atoms with Gasteiger partial charge in [-0.3, -0.25) is 0 Å². The van der Waals surface area contributed by atoms with Crippen molar-refractivity contribution in [3.63, 3.8) is 0 Å². The van der Waals surface area contributed by atoms with Crippen LogP contribution in [0.2, 0.25) is 0 Å². The van der Waals surface area contributed by atoms with Crippen molar-refractivity contribution in [1.82, 2.24) is 5.32 Å². The second-order valence-corrected chi connectivity index (χ2v) is 3.68. The fourth-order valence-corrected chi connectivity index (χ4v) is 0.832. The largest absolute Gasteiger partial charge is 0.461 e. The highest BCUT2D eigenvalue weighted by atomic mass is 16.5. The van der Waals surface area contributed by atoms with E-state index < -0.39 is 5.97 Å². The fraction of sp³-hybridized carbons (Fsp3) is 0.636. The third kappa shape index (κ3) is 8.82. The van der Waals surface area contributed by atoms with Crippen LogP contribution in [0.4, 0.5) is 0 Å². The van der Waals surface area contributed by atoms with Gasteiger partial charge in [0, 0.05) is 18.3 Å². The molecule has 0 aromatic rings. The number of nitrogens with zero attached hydrogens (tertiary/aromatic N) is 1. The van der Waals surface area contributed by atoms with Gasteiger partial charge in [-0.2, -0.15) is 5.26 Å². The summed E-state index contributed by atoms with van der Waals surface area (Å²) in [6.07, 6.45) is 1.64. The van der Waals surface area contributed by atoms with Crippen LogP contribution in [-0.4, -0.2) is 19.1 Å². The van der Waals surface area contributed by atoms with Crippen molar-refractivity contribution in [1.29, 1.82) is 5.26 Å². The highest BCUT2D eigenvalue weighted by Crippen LogP contribution is 1.94. The van der Waals surface area contributed by atoms with Gasteiger partial charge >= 0.3 is 5.97 Å². The Labute approximate surface area is 90.9 Å². The van der Waals surface area contributed by atoms with E-state index in [1.165, 1.54) is 6.08 Å². The molecule has 0 aliphatic heterocycles. The molecule has 84 valence electrons. The van der Waals surface area contributed by atoms with Crippen LogP contribution in [0.15, 0.2) is 11.8 Å². The van der Waals surface area contributed by atoms with Gasteiger partial charge in [0.1, 0.15) is 6.61 Å². The average Bonchev–Trinajstić information content (AvgIpc) is 2.15. The predicted octanol–water partition coefficient (Wildman–Crippen LogP) is 1.59. The zero-order valence-corrected chi connectivity index (χ0v) is 9.54. The van der Waals surface area contributed by atoms with Gasteiger partial charge in [0.05, 0.1) is 12.5 Å². The van der Waals surface area contributed by atoms with Crippen molar-refractivity contribution < 1.29 is 9.53 Å². The lowest BCUT2D eigenvalue weighted by atomic mass is 10.2. The molecule has 0 fully saturated rings. The topological polar surface area (TPSA) is 62.1 Å². The van der Waals surface area contributed by atoms with Crippen molar-refractivity contribution in [3.05, 3.63) is 11.8 Å². The minimum atomic E-state index is -0.404.